The third-order valence-corrected chi connectivity index (χ3v) is 2.35. The van der Waals surface area contributed by atoms with Gasteiger partial charge in [0.25, 0.3) is 0 Å². The molecular weight excluding hydrogens is 184 g/mol. The number of nitrogens with zero attached hydrogens (tertiary/aromatic N) is 2. The first-order chi connectivity index (χ1) is 7.31. The Morgan fingerprint density at radius 2 is 2.00 bits per heavy atom. The zero-order chi connectivity index (χ0) is 11.3. The molecule has 0 aliphatic carbocycles. The summed E-state index contributed by atoms with van der Waals surface area (Å²) in [5.74, 6) is 0. The summed E-state index contributed by atoms with van der Waals surface area (Å²) in [4.78, 5) is 0. The summed E-state index contributed by atoms with van der Waals surface area (Å²) in [6, 6.07) is 6.56. The highest BCUT2D eigenvalue weighted by atomic mass is 15.2. The standard InChI is InChI=1S/C11H14N2.C2H6/c1-3-4-9-5-6-11-10(7-9)8-12-13(11)2;1-2/h5-8H,3-4H2,1-2H3;1-2H3. The summed E-state index contributed by atoms with van der Waals surface area (Å²) in [5.41, 5.74) is 2.61. The van der Waals surface area contributed by atoms with E-state index in [1.54, 1.807) is 0 Å². The van der Waals surface area contributed by atoms with E-state index >= 15 is 0 Å². The normalized spacial score (nSPS) is 9.87. The van der Waals surface area contributed by atoms with Crippen LogP contribution in [0.15, 0.2) is 24.4 Å². The first-order valence-electron chi connectivity index (χ1n) is 5.72. The van der Waals surface area contributed by atoms with Gasteiger partial charge in [-0.2, -0.15) is 5.10 Å². The fourth-order valence-electron chi connectivity index (χ4n) is 1.66. The second-order valence-electron chi connectivity index (χ2n) is 3.41. The van der Waals surface area contributed by atoms with Crippen LogP contribution in [0.5, 0.6) is 0 Å². The third kappa shape index (κ3) is 2.58. The van der Waals surface area contributed by atoms with Gasteiger partial charge in [0.05, 0.1) is 11.7 Å². The lowest BCUT2D eigenvalue weighted by molar-refractivity contribution is 0.797. The highest BCUT2D eigenvalue weighted by molar-refractivity contribution is 5.79. The summed E-state index contributed by atoms with van der Waals surface area (Å²) < 4.78 is 1.91. The topological polar surface area (TPSA) is 17.8 Å². The van der Waals surface area contributed by atoms with Crippen molar-refractivity contribution in [1.29, 1.82) is 0 Å². The van der Waals surface area contributed by atoms with Crippen molar-refractivity contribution >= 4 is 10.9 Å². The molecule has 0 amide bonds. The van der Waals surface area contributed by atoms with Gasteiger partial charge < -0.3 is 0 Å². The zero-order valence-corrected chi connectivity index (χ0v) is 10.1. The Morgan fingerprint density at radius 3 is 2.67 bits per heavy atom. The molecule has 1 heterocycles. The van der Waals surface area contributed by atoms with Crippen molar-refractivity contribution in [1.82, 2.24) is 9.78 Å². The second-order valence-corrected chi connectivity index (χ2v) is 3.41. The average Bonchev–Trinajstić information content (AvgIpc) is 2.64. The van der Waals surface area contributed by atoms with E-state index in [1.807, 2.05) is 31.8 Å². The van der Waals surface area contributed by atoms with Gasteiger partial charge in [-0.15, -0.1) is 0 Å². The number of aryl methyl sites for hydroxylation is 2. The summed E-state index contributed by atoms with van der Waals surface area (Å²) in [5, 5.41) is 5.46. The van der Waals surface area contributed by atoms with E-state index in [0.29, 0.717) is 0 Å². The van der Waals surface area contributed by atoms with E-state index in [2.05, 4.69) is 30.2 Å². The van der Waals surface area contributed by atoms with Crippen molar-refractivity contribution in [2.24, 2.45) is 7.05 Å². The number of fused-ring (bicyclic) bond motifs is 1. The molecule has 2 aromatic rings. The van der Waals surface area contributed by atoms with Crippen LogP contribution in [-0.2, 0) is 13.5 Å². The Hall–Kier alpha value is -1.31. The molecule has 0 spiro atoms. The summed E-state index contributed by atoms with van der Waals surface area (Å²) >= 11 is 0. The smallest absolute Gasteiger partial charge is 0.0679 e. The van der Waals surface area contributed by atoms with Crippen LogP contribution in [0.2, 0.25) is 0 Å². The molecule has 0 saturated heterocycles. The Labute approximate surface area is 91.9 Å². The van der Waals surface area contributed by atoms with Crippen LogP contribution in [0, 0.1) is 0 Å². The minimum absolute atomic E-state index is 1.16. The molecule has 1 aromatic carbocycles. The van der Waals surface area contributed by atoms with Crippen LogP contribution in [0.4, 0.5) is 0 Å². The largest absolute Gasteiger partial charge is 0.268 e. The van der Waals surface area contributed by atoms with Crippen molar-refractivity contribution in [3.05, 3.63) is 30.0 Å². The molecule has 1 aromatic heterocycles. The van der Waals surface area contributed by atoms with E-state index in [4.69, 9.17) is 0 Å². The van der Waals surface area contributed by atoms with Crippen LogP contribution < -0.4 is 0 Å². The van der Waals surface area contributed by atoms with E-state index < -0.39 is 0 Å². The molecule has 0 unspecified atom stereocenters. The molecule has 82 valence electrons. The van der Waals surface area contributed by atoms with Crippen molar-refractivity contribution < 1.29 is 0 Å². The fourth-order valence-corrected chi connectivity index (χ4v) is 1.66. The minimum Gasteiger partial charge on any atom is -0.268 e. The second kappa shape index (κ2) is 5.54. The maximum Gasteiger partial charge on any atom is 0.0679 e. The van der Waals surface area contributed by atoms with E-state index in [9.17, 15) is 0 Å². The van der Waals surface area contributed by atoms with Crippen LogP contribution in [0.1, 0.15) is 32.8 Å². The van der Waals surface area contributed by atoms with Crippen LogP contribution in [0.3, 0.4) is 0 Å². The van der Waals surface area contributed by atoms with Gasteiger partial charge in [-0.1, -0.05) is 33.3 Å². The van der Waals surface area contributed by atoms with E-state index in [1.165, 1.54) is 22.9 Å². The van der Waals surface area contributed by atoms with E-state index in [-0.39, 0.29) is 0 Å². The molecule has 0 aliphatic rings. The lowest BCUT2D eigenvalue weighted by atomic mass is 10.1. The Bertz CT molecular complexity index is 415. The van der Waals surface area contributed by atoms with E-state index in [0.717, 1.165) is 6.42 Å². The van der Waals surface area contributed by atoms with Gasteiger partial charge in [0.1, 0.15) is 0 Å². The van der Waals surface area contributed by atoms with Crippen LogP contribution in [-0.4, -0.2) is 9.78 Å². The lowest BCUT2D eigenvalue weighted by Gasteiger charge is -1.98. The van der Waals surface area contributed by atoms with Gasteiger partial charge in [-0.3, -0.25) is 4.68 Å². The Balaban J connectivity index is 0.000000531. The summed E-state index contributed by atoms with van der Waals surface area (Å²) in [6.07, 6.45) is 4.28. The van der Waals surface area contributed by atoms with Crippen molar-refractivity contribution in [3.8, 4) is 0 Å². The molecule has 0 fully saturated rings. The van der Waals surface area contributed by atoms with Crippen molar-refractivity contribution in [2.75, 3.05) is 0 Å². The number of hydrogen-bond donors (Lipinski definition) is 0. The van der Waals surface area contributed by atoms with Crippen molar-refractivity contribution in [3.63, 3.8) is 0 Å². The molecule has 15 heavy (non-hydrogen) atoms. The van der Waals surface area contributed by atoms with Gasteiger partial charge in [-0.25, -0.2) is 0 Å². The van der Waals surface area contributed by atoms with Gasteiger partial charge in [0, 0.05) is 12.4 Å². The van der Waals surface area contributed by atoms with Gasteiger partial charge in [0.15, 0.2) is 0 Å². The first-order valence-corrected chi connectivity index (χ1v) is 5.72. The molecule has 0 aliphatic heterocycles. The zero-order valence-electron chi connectivity index (χ0n) is 10.1. The summed E-state index contributed by atoms with van der Waals surface area (Å²) in [6.45, 7) is 6.20. The predicted octanol–water partition coefficient (Wildman–Crippen LogP) is 3.55. The fraction of sp³-hybridized carbons (Fsp3) is 0.462. The maximum atomic E-state index is 4.21. The maximum absolute atomic E-state index is 4.21. The van der Waals surface area contributed by atoms with Gasteiger partial charge in [-0.05, 0) is 24.1 Å². The van der Waals surface area contributed by atoms with Crippen molar-refractivity contribution in [2.45, 2.75) is 33.6 Å². The third-order valence-electron chi connectivity index (χ3n) is 2.35. The molecular formula is C13H20N2. The molecule has 0 radical (unpaired) electrons. The number of hydrogen-bond acceptors (Lipinski definition) is 1. The molecule has 0 saturated carbocycles. The van der Waals surface area contributed by atoms with Crippen LogP contribution in [0.25, 0.3) is 10.9 Å². The monoisotopic (exact) mass is 204 g/mol. The number of rotatable bonds is 2. The lowest BCUT2D eigenvalue weighted by Crippen LogP contribution is -1.89. The molecule has 0 atom stereocenters. The predicted molar refractivity (Wildman–Crippen MR) is 66.1 cm³/mol. The average molecular weight is 204 g/mol. The number of aromatic nitrogens is 2. The first kappa shape index (κ1) is 11.8. The molecule has 2 nitrogen and oxygen atoms in total. The molecule has 0 bridgehead atoms. The molecule has 2 rings (SSSR count). The van der Waals surface area contributed by atoms with Crippen LogP contribution >= 0.6 is 0 Å². The number of benzene rings is 1. The van der Waals surface area contributed by atoms with Gasteiger partial charge >= 0.3 is 0 Å². The highest BCUT2D eigenvalue weighted by Crippen LogP contribution is 2.15. The minimum atomic E-state index is 1.16. The Kier molecular flexibility index (Phi) is 4.35. The molecule has 0 N–H and O–H groups in total. The molecule has 2 heteroatoms. The quantitative estimate of drug-likeness (QED) is 0.731. The SMILES string of the molecule is CC.CCCc1ccc2c(cnn2C)c1. The summed E-state index contributed by atoms with van der Waals surface area (Å²) in [7, 11) is 1.97. The van der Waals surface area contributed by atoms with Gasteiger partial charge in [0.2, 0.25) is 0 Å². The Morgan fingerprint density at radius 1 is 1.27 bits per heavy atom. The highest BCUT2D eigenvalue weighted by Gasteiger charge is 1.99.